The van der Waals surface area contributed by atoms with Crippen molar-refractivity contribution in [1.82, 2.24) is 5.32 Å². The molecule has 0 unspecified atom stereocenters. The van der Waals surface area contributed by atoms with Crippen molar-refractivity contribution in [2.24, 2.45) is 0 Å². The Bertz CT molecular complexity index is 1120. The van der Waals surface area contributed by atoms with E-state index in [9.17, 15) is 13.2 Å². The quantitative estimate of drug-likeness (QED) is 0.405. The van der Waals surface area contributed by atoms with Gasteiger partial charge in [-0.05, 0) is 60.5 Å². The number of carbonyl (C=O) groups excluding carboxylic acids is 1. The van der Waals surface area contributed by atoms with Crippen LogP contribution in [-0.4, -0.2) is 34.0 Å². The van der Waals surface area contributed by atoms with E-state index in [1.807, 2.05) is 24.3 Å². The molecule has 0 aromatic heterocycles. The summed E-state index contributed by atoms with van der Waals surface area (Å²) in [6.45, 7) is 2.28. The first-order valence-corrected chi connectivity index (χ1v) is 12.5. The lowest BCUT2D eigenvalue weighted by Crippen LogP contribution is -2.41. The lowest BCUT2D eigenvalue weighted by Gasteiger charge is -2.24. The zero-order valence-corrected chi connectivity index (χ0v) is 20.1. The molecule has 0 fully saturated rings. The van der Waals surface area contributed by atoms with Gasteiger partial charge in [-0.25, -0.2) is 8.42 Å². The number of sulfonamides is 1. The number of benzene rings is 3. The summed E-state index contributed by atoms with van der Waals surface area (Å²) in [6, 6.07) is 22.6. The van der Waals surface area contributed by atoms with E-state index in [0.29, 0.717) is 5.69 Å². The Kier molecular flexibility index (Phi) is 8.30. The molecule has 3 rings (SSSR count). The molecule has 1 amide bonds. The van der Waals surface area contributed by atoms with E-state index in [-0.39, 0.29) is 24.6 Å². The van der Waals surface area contributed by atoms with Crippen molar-refractivity contribution >= 4 is 37.5 Å². The van der Waals surface area contributed by atoms with Crippen LogP contribution in [0.1, 0.15) is 12.5 Å². The van der Waals surface area contributed by atoms with E-state index in [0.717, 1.165) is 20.9 Å². The number of amides is 1. The third-order valence-corrected chi connectivity index (χ3v) is 7.07. The van der Waals surface area contributed by atoms with Gasteiger partial charge in [-0.2, -0.15) is 0 Å². The van der Waals surface area contributed by atoms with E-state index >= 15 is 0 Å². The third-order valence-electron chi connectivity index (χ3n) is 4.76. The molecule has 168 valence electrons. The molecule has 32 heavy (non-hydrogen) atoms. The molecule has 0 aliphatic carbocycles. The Balaban J connectivity index is 1.65. The van der Waals surface area contributed by atoms with Crippen molar-refractivity contribution in [2.75, 3.05) is 24.0 Å². The summed E-state index contributed by atoms with van der Waals surface area (Å²) >= 11 is 3.35. The van der Waals surface area contributed by atoms with Crippen LogP contribution in [0.5, 0.6) is 5.75 Å². The normalized spacial score (nSPS) is 11.1. The van der Waals surface area contributed by atoms with Crippen LogP contribution in [0.2, 0.25) is 0 Å². The SMILES string of the molecule is CCc1ccc(OCCNC(=O)CN(c2ccc(Br)cc2)S(=O)(=O)c2ccccc2)cc1. The fourth-order valence-electron chi connectivity index (χ4n) is 3.01. The fourth-order valence-corrected chi connectivity index (χ4v) is 4.72. The smallest absolute Gasteiger partial charge is 0.264 e. The number of ether oxygens (including phenoxy) is 1. The van der Waals surface area contributed by atoms with Gasteiger partial charge in [-0.15, -0.1) is 0 Å². The van der Waals surface area contributed by atoms with Gasteiger partial charge >= 0.3 is 0 Å². The van der Waals surface area contributed by atoms with Crippen molar-refractivity contribution in [3.8, 4) is 5.75 Å². The first kappa shape index (κ1) is 23.8. The molecule has 0 aliphatic heterocycles. The van der Waals surface area contributed by atoms with Gasteiger partial charge < -0.3 is 10.1 Å². The maximum atomic E-state index is 13.2. The zero-order chi connectivity index (χ0) is 23.0. The first-order valence-electron chi connectivity index (χ1n) is 10.2. The van der Waals surface area contributed by atoms with Gasteiger partial charge in [0.15, 0.2) is 0 Å². The Morgan fingerprint density at radius 2 is 1.62 bits per heavy atom. The highest BCUT2D eigenvalue weighted by Crippen LogP contribution is 2.25. The second-order valence-electron chi connectivity index (χ2n) is 7.00. The van der Waals surface area contributed by atoms with E-state index in [1.54, 1.807) is 42.5 Å². The minimum atomic E-state index is -3.92. The summed E-state index contributed by atoms with van der Waals surface area (Å²) in [6.07, 6.45) is 0.955. The molecule has 0 aliphatic rings. The molecule has 0 atom stereocenters. The highest BCUT2D eigenvalue weighted by molar-refractivity contribution is 9.10. The average molecular weight is 517 g/mol. The minimum absolute atomic E-state index is 0.120. The lowest BCUT2D eigenvalue weighted by molar-refractivity contribution is -0.119. The Hall–Kier alpha value is -2.84. The van der Waals surface area contributed by atoms with Crippen molar-refractivity contribution in [3.05, 3.63) is 88.9 Å². The van der Waals surface area contributed by atoms with Crippen LogP contribution in [0.15, 0.2) is 88.2 Å². The number of hydrogen-bond acceptors (Lipinski definition) is 4. The number of nitrogens with zero attached hydrogens (tertiary/aromatic N) is 1. The average Bonchev–Trinajstić information content (AvgIpc) is 2.82. The van der Waals surface area contributed by atoms with E-state index < -0.39 is 15.9 Å². The number of aryl methyl sites for hydroxylation is 1. The van der Waals surface area contributed by atoms with Crippen molar-refractivity contribution in [3.63, 3.8) is 0 Å². The number of anilines is 1. The molecule has 1 N–H and O–H groups in total. The molecule has 3 aromatic rings. The molecule has 0 saturated heterocycles. The Labute approximate surface area is 197 Å². The van der Waals surface area contributed by atoms with Gasteiger partial charge in [0, 0.05) is 4.47 Å². The summed E-state index contributed by atoms with van der Waals surface area (Å²) in [5.41, 5.74) is 1.62. The van der Waals surface area contributed by atoms with Gasteiger partial charge in [-0.3, -0.25) is 9.10 Å². The molecule has 6 nitrogen and oxygen atoms in total. The molecule has 0 heterocycles. The van der Waals surface area contributed by atoms with E-state index in [4.69, 9.17) is 4.74 Å². The molecule has 0 radical (unpaired) electrons. The summed E-state index contributed by atoms with van der Waals surface area (Å²) in [5.74, 6) is 0.303. The number of hydrogen-bond donors (Lipinski definition) is 1. The number of halogens is 1. The number of nitrogens with one attached hydrogen (secondary N) is 1. The van der Waals surface area contributed by atoms with Crippen LogP contribution < -0.4 is 14.4 Å². The summed E-state index contributed by atoms with van der Waals surface area (Å²) in [5, 5.41) is 2.73. The standard InChI is InChI=1S/C24H25BrN2O4S/c1-2-19-8-14-22(15-9-19)31-17-16-26-24(28)18-27(21-12-10-20(25)11-13-21)32(29,30)23-6-4-3-5-7-23/h3-15H,2,16-18H2,1H3,(H,26,28). The Morgan fingerprint density at radius 3 is 2.25 bits per heavy atom. The minimum Gasteiger partial charge on any atom is -0.492 e. The van der Waals surface area contributed by atoms with Gasteiger partial charge in [0.2, 0.25) is 5.91 Å². The van der Waals surface area contributed by atoms with Crippen molar-refractivity contribution < 1.29 is 17.9 Å². The zero-order valence-electron chi connectivity index (χ0n) is 17.7. The molecule has 0 spiro atoms. The number of rotatable bonds is 10. The van der Waals surface area contributed by atoms with Gasteiger partial charge in [0.25, 0.3) is 10.0 Å². The summed E-state index contributed by atoms with van der Waals surface area (Å²) < 4.78 is 34.0. The van der Waals surface area contributed by atoms with Crippen LogP contribution >= 0.6 is 15.9 Å². The molecule has 3 aromatic carbocycles. The third kappa shape index (κ3) is 6.34. The maximum Gasteiger partial charge on any atom is 0.264 e. The number of carbonyl (C=O) groups is 1. The van der Waals surface area contributed by atoms with E-state index in [2.05, 4.69) is 28.2 Å². The maximum absolute atomic E-state index is 13.2. The molecule has 0 saturated carbocycles. The second-order valence-corrected chi connectivity index (χ2v) is 9.78. The van der Waals surface area contributed by atoms with Crippen molar-refractivity contribution in [2.45, 2.75) is 18.2 Å². The van der Waals surface area contributed by atoms with Crippen LogP contribution in [-0.2, 0) is 21.2 Å². The molecular formula is C24H25BrN2O4S. The predicted octanol–water partition coefficient (Wildman–Crippen LogP) is 4.40. The lowest BCUT2D eigenvalue weighted by atomic mass is 10.2. The van der Waals surface area contributed by atoms with E-state index in [1.165, 1.54) is 17.7 Å². The highest BCUT2D eigenvalue weighted by Gasteiger charge is 2.27. The van der Waals surface area contributed by atoms with Gasteiger partial charge in [0.1, 0.15) is 18.9 Å². The largest absolute Gasteiger partial charge is 0.492 e. The molecule has 0 bridgehead atoms. The fraction of sp³-hybridized carbons (Fsp3) is 0.208. The second kappa shape index (κ2) is 11.2. The summed E-state index contributed by atoms with van der Waals surface area (Å²) in [7, 11) is -3.92. The summed E-state index contributed by atoms with van der Waals surface area (Å²) in [4.78, 5) is 12.7. The van der Waals surface area contributed by atoms with Crippen LogP contribution in [0, 0.1) is 0 Å². The topological polar surface area (TPSA) is 75.7 Å². The van der Waals surface area contributed by atoms with Crippen LogP contribution in [0.4, 0.5) is 5.69 Å². The monoisotopic (exact) mass is 516 g/mol. The highest BCUT2D eigenvalue weighted by atomic mass is 79.9. The van der Waals surface area contributed by atoms with Gasteiger partial charge in [0.05, 0.1) is 17.1 Å². The van der Waals surface area contributed by atoms with Crippen LogP contribution in [0.3, 0.4) is 0 Å². The van der Waals surface area contributed by atoms with Crippen LogP contribution in [0.25, 0.3) is 0 Å². The van der Waals surface area contributed by atoms with Gasteiger partial charge in [-0.1, -0.05) is 53.2 Å². The first-order chi connectivity index (χ1) is 15.4. The van der Waals surface area contributed by atoms with Crippen molar-refractivity contribution in [1.29, 1.82) is 0 Å². The Morgan fingerprint density at radius 1 is 0.969 bits per heavy atom. The molecular weight excluding hydrogens is 492 g/mol. The predicted molar refractivity (Wildman–Crippen MR) is 129 cm³/mol. The molecule has 8 heteroatoms.